The van der Waals surface area contributed by atoms with Crippen LogP contribution in [-0.2, 0) is 10.9 Å². The van der Waals surface area contributed by atoms with Crippen molar-refractivity contribution in [3.05, 3.63) is 35.4 Å². The normalized spacial score (nSPS) is 24.2. The molecule has 2 nitrogen and oxygen atoms in total. The van der Waals surface area contributed by atoms with Crippen molar-refractivity contribution in [2.75, 3.05) is 13.2 Å². The van der Waals surface area contributed by atoms with E-state index in [1.807, 2.05) is 13.8 Å². The summed E-state index contributed by atoms with van der Waals surface area (Å²) >= 11 is 0. The molecule has 1 aliphatic heterocycles. The Morgan fingerprint density at radius 2 is 2.14 bits per heavy atom. The maximum absolute atomic E-state index is 12.9. The number of rotatable bonds is 5. The van der Waals surface area contributed by atoms with Gasteiger partial charge in [0.05, 0.1) is 17.2 Å². The van der Waals surface area contributed by atoms with E-state index < -0.39 is 17.3 Å². The molecule has 1 aromatic carbocycles. The second-order valence-electron chi connectivity index (χ2n) is 5.78. The van der Waals surface area contributed by atoms with Crippen molar-refractivity contribution >= 4 is 0 Å². The molecule has 2 unspecified atom stereocenters. The SMILES string of the molecule is CCCNC(c1cccc(C(F)(F)F)c1)C1(C)CCCO1. The highest BCUT2D eigenvalue weighted by atomic mass is 19.4. The molecule has 2 rings (SSSR count). The fourth-order valence-corrected chi connectivity index (χ4v) is 2.90. The third-order valence-electron chi connectivity index (χ3n) is 4.01. The summed E-state index contributed by atoms with van der Waals surface area (Å²) in [5.41, 5.74) is -0.410. The molecule has 1 saturated heterocycles. The van der Waals surface area contributed by atoms with Crippen LogP contribution in [0.3, 0.4) is 0 Å². The zero-order chi connectivity index (χ0) is 15.5. The summed E-state index contributed by atoms with van der Waals surface area (Å²) in [4.78, 5) is 0. The molecule has 0 aromatic heterocycles. The van der Waals surface area contributed by atoms with E-state index >= 15 is 0 Å². The molecule has 21 heavy (non-hydrogen) atoms. The van der Waals surface area contributed by atoms with Gasteiger partial charge in [-0.25, -0.2) is 0 Å². The van der Waals surface area contributed by atoms with Gasteiger partial charge in [0.25, 0.3) is 0 Å². The molecule has 1 aliphatic rings. The summed E-state index contributed by atoms with van der Waals surface area (Å²) < 4.78 is 44.5. The minimum absolute atomic E-state index is 0.220. The molecule has 0 aliphatic carbocycles. The number of halogens is 3. The van der Waals surface area contributed by atoms with Crippen LogP contribution in [0.25, 0.3) is 0 Å². The summed E-state index contributed by atoms with van der Waals surface area (Å²) in [5, 5.41) is 3.35. The predicted molar refractivity (Wildman–Crippen MR) is 76.1 cm³/mol. The van der Waals surface area contributed by atoms with Crippen molar-refractivity contribution in [3.8, 4) is 0 Å². The third-order valence-corrected chi connectivity index (χ3v) is 4.01. The average molecular weight is 301 g/mol. The van der Waals surface area contributed by atoms with Gasteiger partial charge in [-0.2, -0.15) is 13.2 Å². The minimum atomic E-state index is -4.32. The van der Waals surface area contributed by atoms with Crippen molar-refractivity contribution in [1.29, 1.82) is 0 Å². The Morgan fingerprint density at radius 1 is 1.38 bits per heavy atom. The first-order valence-electron chi connectivity index (χ1n) is 7.41. The molecule has 0 saturated carbocycles. The zero-order valence-corrected chi connectivity index (χ0v) is 12.5. The molecular weight excluding hydrogens is 279 g/mol. The van der Waals surface area contributed by atoms with Crippen LogP contribution in [0.5, 0.6) is 0 Å². The lowest BCUT2D eigenvalue weighted by Crippen LogP contribution is -2.41. The summed E-state index contributed by atoms with van der Waals surface area (Å²) in [7, 11) is 0. The van der Waals surface area contributed by atoms with Crippen LogP contribution in [0.15, 0.2) is 24.3 Å². The van der Waals surface area contributed by atoms with Crippen LogP contribution in [0, 0.1) is 0 Å². The van der Waals surface area contributed by atoms with Crippen molar-refractivity contribution < 1.29 is 17.9 Å². The molecular formula is C16H22F3NO. The van der Waals surface area contributed by atoms with Crippen molar-refractivity contribution in [1.82, 2.24) is 5.32 Å². The monoisotopic (exact) mass is 301 g/mol. The predicted octanol–water partition coefficient (Wildman–Crippen LogP) is 4.32. The van der Waals surface area contributed by atoms with E-state index in [-0.39, 0.29) is 6.04 Å². The Labute approximate surface area is 123 Å². The highest BCUT2D eigenvalue weighted by molar-refractivity contribution is 5.30. The molecule has 118 valence electrons. The van der Waals surface area contributed by atoms with E-state index in [1.54, 1.807) is 6.07 Å². The quantitative estimate of drug-likeness (QED) is 0.874. The topological polar surface area (TPSA) is 21.3 Å². The zero-order valence-electron chi connectivity index (χ0n) is 12.5. The number of hydrogen-bond acceptors (Lipinski definition) is 2. The van der Waals surface area contributed by atoms with Crippen molar-refractivity contribution in [2.24, 2.45) is 0 Å². The van der Waals surface area contributed by atoms with Crippen LogP contribution < -0.4 is 5.32 Å². The standard InChI is InChI=1S/C16H22F3NO/c1-3-9-20-14(15(2)8-5-10-21-15)12-6-4-7-13(11-12)16(17,18)19/h4,6-7,11,14,20H,3,5,8-10H2,1-2H3. The molecule has 0 bridgehead atoms. The summed E-state index contributed by atoms with van der Waals surface area (Å²) in [6.07, 6.45) is -1.60. The van der Waals surface area contributed by atoms with E-state index in [0.29, 0.717) is 12.2 Å². The lowest BCUT2D eigenvalue weighted by Gasteiger charge is -2.35. The average Bonchev–Trinajstić information content (AvgIpc) is 2.86. The smallest absolute Gasteiger partial charge is 0.373 e. The second kappa shape index (κ2) is 6.36. The molecule has 1 N–H and O–H groups in total. The number of ether oxygens (including phenoxy) is 1. The number of nitrogens with one attached hydrogen (secondary N) is 1. The van der Waals surface area contributed by atoms with Crippen LogP contribution in [0.2, 0.25) is 0 Å². The molecule has 1 aromatic rings. The summed E-state index contributed by atoms with van der Waals surface area (Å²) in [6.45, 7) is 5.43. The highest BCUT2D eigenvalue weighted by Crippen LogP contribution is 2.39. The number of hydrogen-bond donors (Lipinski definition) is 1. The minimum Gasteiger partial charge on any atom is -0.373 e. The van der Waals surface area contributed by atoms with Gasteiger partial charge in [-0.1, -0.05) is 19.1 Å². The van der Waals surface area contributed by atoms with Gasteiger partial charge in [0, 0.05) is 6.61 Å². The molecule has 1 fully saturated rings. The van der Waals surface area contributed by atoms with E-state index in [0.717, 1.165) is 31.9 Å². The second-order valence-corrected chi connectivity index (χ2v) is 5.78. The van der Waals surface area contributed by atoms with Crippen LogP contribution in [-0.4, -0.2) is 18.8 Å². The Morgan fingerprint density at radius 3 is 2.71 bits per heavy atom. The van der Waals surface area contributed by atoms with Gasteiger partial charge < -0.3 is 10.1 Å². The van der Waals surface area contributed by atoms with Crippen LogP contribution >= 0.6 is 0 Å². The van der Waals surface area contributed by atoms with Gasteiger partial charge >= 0.3 is 6.18 Å². The number of benzene rings is 1. The van der Waals surface area contributed by atoms with E-state index in [9.17, 15) is 13.2 Å². The molecule has 0 radical (unpaired) electrons. The van der Waals surface area contributed by atoms with E-state index in [1.165, 1.54) is 12.1 Å². The van der Waals surface area contributed by atoms with E-state index in [2.05, 4.69) is 5.32 Å². The molecule has 2 atom stereocenters. The summed E-state index contributed by atoms with van der Waals surface area (Å²) in [5.74, 6) is 0. The number of alkyl halides is 3. The Kier molecular flexibility index (Phi) is 4.94. The van der Waals surface area contributed by atoms with Gasteiger partial charge in [0.15, 0.2) is 0 Å². The Hall–Kier alpha value is -1.07. The van der Waals surface area contributed by atoms with Crippen molar-refractivity contribution in [3.63, 3.8) is 0 Å². The Bertz CT molecular complexity index is 467. The van der Waals surface area contributed by atoms with Gasteiger partial charge in [-0.15, -0.1) is 0 Å². The van der Waals surface area contributed by atoms with Crippen LogP contribution in [0.4, 0.5) is 13.2 Å². The first-order valence-corrected chi connectivity index (χ1v) is 7.41. The van der Waals surface area contributed by atoms with Crippen LogP contribution in [0.1, 0.15) is 50.3 Å². The summed E-state index contributed by atoms with van der Waals surface area (Å²) in [6, 6.07) is 5.34. The first kappa shape index (κ1) is 16.3. The highest BCUT2D eigenvalue weighted by Gasteiger charge is 2.40. The molecule has 5 heteroatoms. The molecule has 0 spiro atoms. The fraction of sp³-hybridized carbons (Fsp3) is 0.625. The van der Waals surface area contributed by atoms with Gasteiger partial charge in [0.1, 0.15) is 0 Å². The molecule has 0 amide bonds. The van der Waals surface area contributed by atoms with Crippen molar-refractivity contribution in [2.45, 2.75) is 50.9 Å². The maximum Gasteiger partial charge on any atom is 0.416 e. The lowest BCUT2D eigenvalue weighted by molar-refractivity contribution is -0.137. The van der Waals surface area contributed by atoms with E-state index in [4.69, 9.17) is 4.74 Å². The van der Waals surface area contributed by atoms with Gasteiger partial charge in [0.2, 0.25) is 0 Å². The molecule has 1 heterocycles. The van der Waals surface area contributed by atoms with Gasteiger partial charge in [-0.05, 0) is 50.4 Å². The first-order chi connectivity index (χ1) is 9.87. The Balaban J connectivity index is 2.32. The third kappa shape index (κ3) is 3.77. The fourth-order valence-electron chi connectivity index (χ4n) is 2.90. The van der Waals surface area contributed by atoms with Gasteiger partial charge in [-0.3, -0.25) is 0 Å². The maximum atomic E-state index is 12.9. The largest absolute Gasteiger partial charge is 0.416 e. The lowest BCUT2D eigenvalue weighted by atomic mass is 9.87.